The van der Waals surface area contributed by atoms with Crippen molar-refractivity contribution < 1.29 is 19.0 Å². The number of carbonyl (C=O) groups excluding carboxylic acids is 1. The molecule has 0 saturated heterocycles. The number of amides is 1. The first kappa shape index (κ1) is 16.6. The SMILES string of the molecule is CCC(=O)N1c2ccccc2-c2c([O-])nc(SC)n[n+]2C1c1ccco1. The minimum absolute atomic E-state index is 0.0891. The van der Waals surface area contributed by atoms with Gasteiger partial charge >= 0.3 is 6.17 Å². The van der Waals surface area contributed by atoms with Crippen molar-refractivity contribution in [1.82, 2.24) is 10.1 Å². The quantitative estimate of drug-likeness (QED) is 0.520. The molecular formula is C18H16N4O3S. The number of hydrogen-bond acceptors (Lipinski definition) is 6. The molecule has 1 aliphatic rings. The van der Waals surface area contributed by atoms with Crippen LogP contribution >= 0.6 is 11.8 Å². The van der Waals surface area contributed by atoms with Crippen molar-refractivity contribution in [2.45, 2.75) is 24.7 Å². The van der Waals surface area contributed by atoms with Crippen molar-refractivity contribution >= 4 is 23.4 Å². The van der Waals surface area contributed by atoms with Gasteiger partial charge in [0.25, 0.3) is 10.9 Å². The lowest BCUT2D eigenvalue weighted by atomic mass is 10.0. The van der Waals surface area contributed by atoms with Gasteiger partial charge in [0, 0.05) is 11.5 Å². The first-order valence-electron chi connectivity index (χ1n) is 8.15. The third-order valence-electron chi connectivity index (χ3n) is 4.27. The molecule has 2 aromatic heterocycles. The van der Waals surface area contributed by atoms with E-state index in [0.29, 0.717) is 34.3 Å². The van der Waals surface area contributed by atoms with Crippen molar-refractivity contribution in [3.63, 3.8) is 0 Å². The summed E-state index contributed by atoms with van der Waals surface area (Å²) in [5.74, 6) is 0.0587. The molecule has 132 valence electrons. The van der Waals surface area contributed by atoms with Crippen LogP contribution in [0.2, 0.25) is 0 Å². The molecule has 8 heteroatoms. The number of rotatable bonds is 3. The van der Waals surface area contributed by atoms with E-state index < -0.39 is 6.17 Å². The number of hydrogen-bond donors (Lipinski definition) is 0. The lowest BCUT2D eigenvalue weighted by Crippen LogP contribution is -2.59. The Morgan fingerprint density at radius 2 is 2.15 bits per heavy atom. The van der Waals surface area contributed by atoms with Crippen molar-refractivity contribution in [2.75, 3.05) is 11.2 Å². The summed E-state index contributed by atoms with van der Waals surface area (Å²) < 4.78 is 7.15. The van der Waals surface area contributed by atoms with Gasteiger partial charge in [0.1, 0.15) is 0 Å². The Morgan fingerprint density at radius 1 is 1.35 bits per heavy atom. The van der Waals surface area contributed by atoms with E-state index in [-0.39, 0.29) is 11.8 Å². The number of aromatic nitrogens is 3. The van der Waals surface area contributed by atoms with Gasteiger partial charge in [0.15, 0.2) is 5.76 Å². The maximum Gasteiger partial charge on any atom is 0.325 e. The first-order valence-corrected chi connectivity index (χ1v) is 9.38. The lowest BCUT2D eigenvalue weighted by Gasteiger charge is -2.32. The lowest BCUT2D eigenvalue weighted by molar-refractivity contribution is -0.765. The van der Waals surface area contributed by atoms with Crippen LogP contribution < -0.4 is 14.7 Å². The maximum absolute atomic E-state index is 12.8. The van der Waals surface area contributed by atoms with Gasteiger partial charge in [-0.15, -0.1) is 0 Å². The third-order valence-corrected chi connectivity index (χ3v) is 4.81. The van der Waals surface area contributed by atoms with E-state index in [9.17, 15) is 9.90 Å². The normalized spacial score (nSPS) is 15.5. The number of benzene rings is 1. The molecule has 1 amide bonds. The van der Waals surface area contributed by atoms with Gasteiger partial charge in [-0.05, 0) is 35.2 Å². The smallest absolute Gasteiger partial charge is 0.325 e. The van der Waals surface area contributed by atoms with E-state index in [1.807, 2.05) is 18.2 Å². The summed E-state index contributed by atoms with van der Waals surface area (Å²) >= 11 is 1.27. The highest BCUT2D eigenvalue weighted by molar-refractivity contribution is 7.98. The number of furan rings is 1. The fourth-order valence-electron chi connectivity index (χ4n) is 3.16. The number of anilines is 1. The summed E-state index contributed by atoms with van der Waals surface area (Å²) in [6.45, 7) is 1.80. The standard InChI is InChI=1S/C18H16N4O3S/c1-3-14(23)21-12-8-5-4-7-11(12)15-16(24)19-18(26-2)20-22(15)17(21)13-9-6-10-25-13/h4-10,17H,3H2,1-2H3. The van der Waals surface area contributed by atoms with Crippen LogP contribution in [-0.4, -0.2) is 22.2 Å². The molecule has 3 heterocycles. The van der Waals surface area contributed by atoms with Gasteiger partial charge < -0.3 is 9.52 Å². The van der Waals surface area contributed by atoms with Crippen molar-refractivity contribution in [2.24, 2.45) is 0 Å². The van der Waals surface area contributed by atoms with Crippen molar-refractivity contribution in [1.29, 1.82) is 0 Å². The Labute approximate surface area is 154 Å². The minimum Gasteiger partial charge on any atom is -0.854 e. The highest BCUT2D eigenvalue weighted by Crippen LogP contribution is 2.40. The zero-order valence-corrected chi connectivity index (χ0v) is 15.1. The van der Waals surface area contributed by atoms with E-state index in [1.54, 1.807) is 47.2 Å². The topological polar surface area (TPSA) is 86.2 Å². The molecule has 1 atom stereocenters. The van der Waals surface area contributed by atoms with Crippen LogP contribution in [0.4, 0.5) is 5.69 Å². The molecule has 0 N–H and O–H groups in total. The van der Waals surface area contributed by atoms with Crippen molar-refractivity contribution in [3.8, 4) is 17.1 Å². The Balaban J connectivity index is 2.07. The second-order valence-electron chi connectivity index (χ2n) is 5.72. The number of carbonyl (C=O) groups is 1. The summed E-state index contributed by atoms with van der Waals surface area (Å²) in [5, 5.41) is 17.6. The van der Waals surface area contributed by atoms with E-state index >= 15 is 0 Å². The fourth-order valence-corrected chi connectivity index (χ4v) is 3.50. The first-order chi connectivity index (χ1) is 12.7. The predicted molar refractivity (Wildman–Crippen MR) is 93.5 cm³/mol. The molecule has 7 nitrogen and oxygen atoms in total. The molecule has 0 radical (unpaired) electrons. The number of thioether (sulfide) groups is 1. The summed E-state index contributed by atoms with van der Waals surface area (Å²) in [6.07, 6.45) is 2.98. The predicted octanol–water partition coefficient (Wildman–Crippen LogP) is 2.12. The zero-order valence-electron chi connectivity index (χ0n) is 14.2. The zero-order chi connectivity index (χ0) is 18.3. The van der Waals surface area contributed by atoms with Crippen LogP contribution in [-0.2, 0) is 4.79 Å². The molecule has 1 aromatic carbocycles. The van der Waals surface area contributed by atoms with Crippen molar-refractivity contribution in [3.05, 3.63) is 48.4 Å². The maximum atomic E-state index is 12.8. The second kappa shape index (κ2) is 6.45. The third kappa shape index (κ3) is 2.45. The van der Waals surface area contributed by atoms with Crippen LogP contribution in [0.25, 0.3) is 11.3 Å². The number of para-hydroxylation sites is 1. The van der Waals surface area contributed by atoms with Crippen LogP contribution in [0, 0.1) is 0 Å². The summed E-state index contributed by atoms with van der Waals surface area (Å²) in [4.78, 5) is 18.5. The molecule has 0 aliphatic carbocycles. The number of fused-ring (bicyclic) bond motifs is 3. The monoisotopic (exact) mass is 368 g/mol. The fraction of sp³-hybridized carbons (Fsp3) is 0.222. The largest absolute Gasteiger partial charge is 0.854 e. The highest BCUT2D eigenvalue weighted by Gasteiger charge is 2.45. The van der Waals surface area contributed by atoms with Gasteiger partial charge in [-0.3, -0.25) is 4.79 Å². The molecule has 4 rings (SSSR count). The van der Waals surface area contributed by atoms with Gasteiger partial charge in [0.05, 0.1) is 23.4 Å². The van der Waals surface area contributed by atoms with Gasteiger partial charge in [-0.25, -0.2) is 9.88 Å². The molecule has 0 fully saturated rings. The average molecular weight is 368 g/mol. The van der Waals surface area contributed by atoms with Crippen LogP contribution in [0.15, 0.2) is 52.2 Å². The molecule has 1 unspecified atom stereocenters. The molecule has 0 spiro atoms. The Morgan fingerprint density at radius 3 is 2.85 bits per heavy atom. The Hall–Kier alpha value is -2.87. The van der Waals surface area contributed by atoms with Gasteiger partial charge in [-0.1, -0.05) is 30.8 Å². The molecule has 3 aromatic rings. The van der Waals surface area contributed by atoms with E-state index in [4.69, 9.17) is 4.42 Å². The van der Waals surface area contributed by atoms with Gasteiger partial charge in [0.2, 0.25) is 5.91 Å². The van der Waals surface area contributed by atoms with E-state index in [2.05, 4.69) is 10.1 Å². The minimum atomic E-state index is -0.677. The van der Waals surface area contributed by atoms with Crippen LogP contribution in [0.5, 0.6) is 5.88 Å². The van der Waals surface area contributed by atoms with Crippen LogP contribution in [0.3, 0.4) is 0 Å². The van der Waals surface area contributed by atoms with Gasteiger partial charge in [-0.2, -0.15) is 0 Å². The highest BCUT2D eigenvalue weighted by atomic mass is 32.2. The molecule has 1 aliphatic heterocycles. The summed E-state index contributed by atoms with van der Waals surface area (Å²) in [5.41, 5.74) is 1.63. The number of nitrogens with zero attached hydrogens (tertiary/aromatic N) is 4. The average Bonchev–Trinajstić information content (AvgIpc) is 3.20. The van der Waals surface area contributed by atoms with Crippen LogP contribution in [0.1, 0.15) is 25.3 Å². The Kier molecular flexibility index (Phi) is 4.12. The molecular weight excluding hydrogens is 352 g/mol. The molecule has 0 bridgehead atoms. The van der Waals surface area contributed by atoms with E-state index in [0.717, 1.165) is 0 Å². The summed E-state index contributed by atoms with van der Waals surface area (Å²) in [6, 6.07) is 10.8. The Bertz CT molecular complexity index is 975. The molecule has 0 saturated carbocycles. The second-order valence-corrected chi connectivity index (χ2v) is 6.49. The van der Waals surface area contributed by atoms with E-state index in [1.165, 1.54) is 11.8 Å². The summed E-state index contributed by atoms with van der Waals surface area (Å²) in [7, 11) is 0. The molecule has 26 heavy (non-hydrogen) atoms.